The van der Waals surface area contributed by atoms with Crippen LogP contribution in [0.2, 0.25) is 5.02 Å². The maximum atomic E-state index is 12.3. The van der Waals surface area contributed by atoms with Crippen LogP contribution in [0, 0.1) is 13.8 Å². The second-order valence-electron chi connectivity index (χ2n) is 6.78. The quantitative estimate of drug-likeness (QED) is 0.566. The zero-order valence-corrected chi connectivity index (χ0v) is 17.0. The van der Waals surface area contributed by atoms with Crippen LogP contribution in [0.4, 0.5) is 0 Å². The van der Waals surface area contributed by atoms with Crippen molar-refractivity contribution in [1.29, 1.82) is 0 Å². The average molecular weight is 398 g/mol. The molecule has 1 amide bonds. The molecule has 0 fully saturated rings. The molecule has 0 spiro atoms. The molecule has 5 heteroatoms. The first-order valence-electron chi connectivity index (χ1n) is 9.27. The van der Waals surface area contributed by atoms with Crippen LogP contribution >= 0.6 is 11.6 Å². The normalized spacial score (nSPS) is 11.9. The van der Waals surface area contributed by atoms with Crippen LogP contribution in [0.3, 0.4) is 0 Å². The van der Waals surface area contributed by atoms with Crippen molar-refractivity contribution in [3.8, 4) is 11.5 Å². The Labute approximate surface area is 170 Å². The van der Waals surface area contributed by atoms with Crippen LogP contribution < -0.4 is 14.8 Å². The van der Waals surface area contributed by atoms with Gasteiger partial charge in [0.2, 0.25) is 0 Å². The second kappa shape index (κ2) is 8.98. The molecule has 1 N–H and O–H groups in total. The van der Waals surface area contributed by atoms with Gasteiger partial charge in [0.05, 0.1) is 6.54 Å². The minimum absolute atomic E-state index is 0.188. The fraction of sp³-hybridized carbons (Fsp3) is 0.261. The summed E-state index contributed by atoms with van der Waals surface area (Å²) in [6.45, 7) is 6.33. The average Bonchev–Trinajstić information content (AvgIpc) is 2.69. The molecule has 3 aromatic carbocycles. The topological polar surface area (TPSA) is 47.6 Å². The number of fused-ring (bicyclic) bond motifs is 1. The number of ether oxygens (including phenoxy) is 2. The van der Waals surface area contributed by atoms with Crippen molar-refractivity contribution in [1.82, 2.24) is 5.32 Å². The molecule has 0 bridgehead atoms. The summed E-state index contributed by atoms with van der Waals surface area (Å²) in [7, 11) is 0. The van der Waals surface area contributed by atoms with Gasteiger partial charge in [-0.05, 0) is 66.9 Å². The lowest BCUT2D eigenvalue weighted by atomic mass is 10.1. The minimum Gasteiger partial charge on any atom is -0.492 e. The smallest absolute Gasteiger partial charge is 0.260 e. The van der Waals surface area contributed by atoms with Crippen LogP contribution in [0.15, 0.2) is 54.6 Å². The highest BCUT2D eigenvalue weighted by Crippen LogP contribution is 2.26. The van der Waals surface area contributed by atoms with E-state index in [4.69, 9.17) is 21.1 Å². The van der Waals surface area contributed by atoms with Crippen molar-refractivity contribution >= 4 is 28.3 Å². The van der Waals surface area contributed by atoms with E-state index in [0.29, 0.717) is 18.9 Å². The number of amides is 1. The summed E-state index contributed by atoms with van der Waals surface area (Å²) >= 11 is 6.17. The third kappa shape index (κ3) is 4.96. The van der Waals surface area contributed by atoms with Gasteiger partial charge in [0.25, 0.3) is 5.91 Å². The Kier molecular flexibility index (Phi) is 6.42. The van der Waals surface area contributed by atoms with E-state index in [9.17, 15) is 4.79 Å². The van der Waals surface area contributed by atoms with E-state index < -0.39 is 6.10 Å². The summed E-state index contributed by atoms with van der Waals surface area (Å²) in [5.41, 5.74) is 1.85. The van der Waals surface area contributed by atoms with Gasteiger partial charge in [0, 0.05) is 5.02 Å². The van der Waals surface area contributed by atoms with Crippen molar-refractivity contribution in [3.63, 3.8) is 0 Å². The van der Waals surface area contributed by atoms with E-state index in [1.54, 1.807) is 6.92 Å². The molecule has 0 aliphatic heterocycles. The number of carbonyl (C=O) groups excluding carboxylic acids is 1. The Morgan fingerprint density at radius 3 is 2.39 bits per heavy atom. The summed E-state index contributed by atoms with van der Waals surface area (Å²) in [6.07, 6.45) is -0.611. The molecule has 1 unspecified atom stereocenters. The van der Waals surface area contributed by atoms with Gasteiger partial charge in [-0.2, -0.15) is 0 Å². The summed E-state index contributed by atoms with van der Waals surface area (Å²) < 4.78 is 11.5. The third-order valence-electron chi connectivity index (χ3n) is 4.48. The van der Waals surface area contributed by atoms with Gasteiger partial charge in [-0.15, -0.1) is 0 Å². The van der Waals surface area contributed by atoms with Gasteiger partial charge in [-0.3, -0.25) is 4.79 Å². The fourth-order valence-electron chi connectivity index (χ4n) is 2.98. The van der Waals surface area contributed by atoms with Crippen molar-refractivity contribution < 1.29 is 14.3 Å². The van der Waals surface area contributed by atoms with E-state index in [0.717, 1.165) is 27.3 Å². The first-order chi connectivity index (χ1) is 13.4. The Balaban J connectivity index is 1.46. The SMILES string of the molecule is Cc1cc(OC(C)C(=O)NCCOc2ccc3ccccc3c2)cc(C)c1Cl. The van der Waals surface area contributed by atoms with Crippen molar-refractivity contribution in [2.24, 2.45) is 0 Å². The third-order valence-corrected chi connectivity index (χ3v) is 5.08. The lowest BCUT2D eigenvalue weighted by Crippen LogP contribution is -2.38. The molecule has 3 aromatic rings. The molecule has 0 saturated heterocycles. The molecule has 0 heterocycles. The van der Waals surface area contributed by atoms with Gasteiger partial charge in [-0.1, -0.05) is 41.9 Å². The van der Waals surface area contributed by atoms with Crippen LogP contribution in [0.1, 0.15) is 18.1 Å². The monoisotopic (exact) mass is 397 g/mol. The number of halogens is 1. The Morgan fingerprint density at radius 2 is 1.68 bits per heavy atom. The number of hydrogen-bond acceptors (Lipinski definition) is 3. The molecule has 28 heavy (non-hydrogen) atoms. The summed E-state index contributed by atoms with van der Waals surface area (Å²) in [4.78, 5) is 12.3. The predicted octanol–water partition coefficient (Wildman–Crippen LogP) is 5.07. The predicted molar refractivity (Wildman–Crippen MR) is 113 cm³/mol. The minimum atomic E-state index is -0.611. The largest absolute Gasteiger partial charge is 0.492 e. The van der Waals surface area contributed by atoms with Crippen molar-refractivity contribution in [2.75, 3.05) is 13.2 Å². The zero-order valence-electron chi connectivity index (χ0n) is 16.3. The van der Waals surface area contributed by atoms with Gasteiger partial charge in [0.1, 0.15) is 18.1 Å². The number of hydrogen-bond donors (Lipinski definition) is 1. The molecule has 0 radical (unpaired) electrons. The molecule has 0 saturated carbocycles. The molecule has 3 rings (SSSR count). The lowest BCUT2D eigenvalue weighted by molar-refractivity contribution is -0.127. The van der Waals surface area contributed by atoms with Gasteiger partial charge >= 0.3 is 0 Å². The Hall–Kier alpha value is -2.72. The number of carbonyl (C=O) groups is 1. The van der Waals surface area contributed by atoms with E-state index in [2.05, 4.69) is 11.4 Å². The van der Waals surface area contributed by atoms with E-state index in [1.165, 1.54) is 5.39 Å². The number of benzene rings is 3. The summed E-state index contributed by atoms with van der Waals surface area (Å²) in [6, 6.07) is 17.7. The molecule has 0 aliphatic carbocycles. The molecular formula is C23H24ClNO3. The molecule has 1 atom stereocenters. The van der Waals surface area contributed by atoms with Crippen molar-refractivity contribution in [3.05, 3.63) is 70.7 Å². The highest BCUT2D eigenvalue weighted by atomic mass is 35.5. The highest BCUT2D eigenvalue weighted by Gasteiger charge is 2.15. The maximum Gasteiger partial charge on any atom is 0.260 e. The second-order valence-corrected chi connectivity index (χ2v) is 7.16. The number of rotatable bonds is 7. The van der Waals surface area contributed by atoms with Gasteiger partial charge in [-0.25, -0.2) is 0 Å². The molecule has 0 aromatic heterocycles. The van der Waals surface area contributed by atoms with Gasteiger partial charge in [0.15, 0.2) is 6.10 Å². The molecular weight excluding hydrogens is 374 g/mol. The van der Waals surface area contributed by atoms with Crippen molar-refractivity contribution in [2.45, 2.75) is 26.9 Å². The summed E-state index contributed by atoms with van der Waals surface area (Å²) in [5, 5.41) is 5.85. The fourth-order valence-corrected chi connectivity index (χ4v) is 3.08. The van der Waals surface area contributed by atoms with Crippen LogP contribution in [0.5, 0.6) is 11.5 Å². The number of nitrogens with one attached hydrogen (secondary N) is 1. The van der Waals surface area contributed by atoms with E-state index >= 15 is 0 Å². The van der Waals surface area contributed by atoms with Crippen LogP contribution in [-0.2, 0) is 4.79 Å². The Bertz CT molecular complexity index is 963. The lowest BCUT2D eigenvalue weighted by Gasteiger charge is -2.16. The van der Waals surface area contributed by atoms with E-state index in [1.807, 2.05) is 62.4 Å². The molecule has 0 aliphatic rings. The molecule has 4 nitrogen and oxygen atoms in total. The first-order valence-corrected chi connectivity index (χ1v) is 9.64. The Morgan fingerprint density at radius 1 is 1.00 bits per heavy atom. The maximum absolute atomic E-state index is 12.3. The van der Waals surface area contributed by atoms with Gasteiger partial charge < -0.3 is 14.8 Å². The first kappa shape index (κ1) is 20.0. The zero-order chi connectivity index (χ0) is 20.1. The number of aryl methyl sites for hydroxylation is 2. The van der Waals surface area contributed by atoms with E-state index in [-0.39, 0.29) is 5.91 Å². The highest BCUT2D eigenvalue weighted by molar-refractivity contribution is 6.32. The summed E-state index contributed by atoms with van der Waals surface area (Å²) in [5.74, 6) is 1.23. The van der Waals surface area contributed by atoms with Crippen LogP contribution in [0.25, 0.3) is 10.8 Å². The van der Waals surface area contributed by atoms with Crippen LogP contribution in [-0.4, -0.2) is 25.2 Å². The molecule has 146 valence electrons. The standard InChI is InChI=1S/C23H24ClNO3/c1-15-12-21(13-16(2)22(15)24)28-17(3)23(26)25-10-11-27-20-9-8-18-6-4-5-7-19(18)14-20/h4-9,12-14,17H,10-11H2,1-3H3,(H,25,26).